The lowest BCUT2D eigenvalue weighted by molar-refractivity contribution is -0.288. The Bertz CT molecular complexity index is 1220. The van der Waals surface area contributed by atoms with E-state index in [0.717, 1.165) is 20.9 Å². The number of thiazole rings is 1. The number of fused-ring (bicyclic) bond motifs is 2. The molecule has 5 atom stereocenters. The Labute approximate surface area is 175 Å². The van der Waals surface area contributed by atoms with E-state index < -0.39 is 12.2 Å². The lowest BCUT2D eigenvalue weighted by Crippen LogP contribution is -2.60. The van der Waals surface area contributed by atoms with Crippen molar-refractivity contribution in [3.8, 4) is 5.69 Å². The maximum absolute atomic E-state index is 11.3. The third-order valence-electron chi connectivity index (χ3n) is 5.68. The van der Waals surface area contributed by atoms with Crippen molar-refractivity contribution in [1.82, 2.24) is 29.5 Å². The monoisotopic (exact) mass is 424 g/mol. The van der Waals surface area contributed by atoms with Crippen LogP contribution in [0.2, 0.25) is 0 Å². The molecule has 0 spiro atoms. The Hall–Kier alpha value is -2.66. The molecule has 3 aromatic heterocycles. The molecule has 6 rings (SSSR count). The first-order valence-electron chi connectivity index (χ1n) is 9.84. The van der Waals surface area contributed by atoms with Crippen LogP contribution in [0, 0.1) is 13.8 Å². The van der Waals surface area contributed by atoms with Crippen LogP contribution in [0.4, 0.5) is 0 Å². The standard InChI is InChI=1S/C20H20N6O3S/c1-10-22-20(26(24-10)12-4-5-13-15(8-12)30-11(2)23-13)19-17(27)16(25-7-3-6-21-25)18-14(29-19)9-28-18/h3-8,14,16-19,27H,9H2,1-2H3. The van der Waals surface area contributed by atoms with Crippen LogP contribution in [0.15, 0.2) is 36.7 Å². The molecule has 5 unspecified atom stereocenters. The summed E-state index contributed by atoms with van der Waals surface area (Å²) < 4.78 is 16.5. The normalized spacial score (nSPS) is 28.4. The largest absolute Gasteiger partial charge is 0.388 e. The molecule has 0 radical (unpaired) electrons. The fourth-order valence-corrected chi connectivity index (χ4v) is 5.17. The van der Waals surface area contributed by atoms with Gasteiger partial charge in [-0.05, 0) is 38.1 Å². The molecule has 0 amide bonds. The molecule has 154 valence electrons. The predicted molar refractivity (Wildman–Crippen MR) is 109 cm³/mol. The zero-order chi connectivity index (χ0) is 20.4. The minimum absolute atomic E-state index is 0.121. The van der Waals surface area contributed by atoms with Gasteiger partial charge in [0.1, 0.15) is 36.3 Å². The third-order valence-corrected chi connectivity index (χ3v) is 6.62. The summed E-state index contributed by atoms with van der Waals surface area (Å²) in [5, 5.41) is 21.2. The summed E-state index contributed by atoms with van der Waals surface area (Å²) in [7, 11) is 0. The van der Waals surface area contributed by atoms with E-state index in [9.17, 15) is 5.11 Å². The molecule has 1 N–H and O–H groups in total. The van der Waals surface area contributed by atoms with Crippen molar-refractivity contribution in [3.63, 3.8) is 0 Å². The highest BCUT2D eigenvalue weighted by Crippen LogP contribution is 2.43. The minimum atomic E-state index is -0.886. The van der Waals surface area contributed by atoms with E-state index in [1.165, 1.54) is 0 Å². The third kappa shape index (κ3) is 2.72. The smallest absolute Gasteiger partial charge is 0.164 e. The lowest BCUT2D eigenvalue weighted by Gasteiger charge is -2.49. The minimum Gasteiger partial charge on any atom is -0.388 e. The highest BCUT2D eigenvalue weighted by atomic mass is 32.1. The van der Waals surface area contributed by atoms with Gasteiger partial charge in [0, 0.05) is 12.4 Å². The topological polar surface area (TPSA) is 100 Å². The molecule has 10 heteroatoms. The fourth-order valence-electron chi connectivity index (χ4n) is 4.31. The average molecular weight is 424 g/mol. The Morgan fingerprint density at radius 3 is 2.90 bits per heavy atom. The van der Waals surface area contributed by atoms with Gasteiger partial charge in [0.25, 0.3) is 0 Å². The van der Waals surface area contributed by atoms with Gasteiger partial charge in [-0.1, -0.05) is 0 Å². The Kier molecular flexibility index (Phi) is 4.03. The van der Waals surface area contributed by atoms with Crippen LogP contribution in [0.5, 0.6) is 0 Å². The molecule has 2 fully saturated rings. The van der Waals surface area contributed by atoms with E-state index >= 15 is 0 Å². The van der Waals surface area contributed by atoms with Crippen LogP contribution in [0.3, 0.4) is 0 Å². The Morgan fingerprint density at radius 1 is 1.23 bits per heavy atom. The Balaban J connectivity index is 1.43. The number of nitrogens with zero attached hydrogens (tertiary/aromatic N) is 6. The predicted octanol–water partition coefficient (Wildman–Crippen LogP) is 2.13. The van der Waals surface area contributed by atoms with Gasteiger partial charge in [-0.3, -0.25) is 4.68 Å². The van der Waals surface area contributed by atoms with E-state index in [2.05, 4.69) is 20.2 Å². The van der Waals surface area contributed by atoms with Crippen molar-refractivity contribution in [2.24, 2.45) is 0 Å². The fraction of sp³-hybridized carbons (Fsp3) is 0.400. The van der Waals surface area contributed by atoms with Gasteiger partial charge >= 0.3 is 0 Å². The first-order chi connectivity index (χ1) is 14.6. The summed E-state index contributed by atoms with van der Waals surface area (Å²) in [5.74, 6) is 1.19. The molecule has 1 aromatic carbocycles. The maximum Gasteiger partial charge on any atom is 0.164 e. The molecule has 2 aliphatic rings. The molecule has 9 nitrogen and oxygen atoms in total. The van der Waals surface area contributed by atoms with Gasteiger partial charge in [0.05, 0.1) is 27.5 Å². The highest BCUT2D eigenvalue weighted by Gasteiger charge is 2.53. The second-order valence-corrected chi connectivity index (χ2v) is 8.91. The summed E-state index contributed by atoms with van der Waals surface area (Å²) >= 11 is 1.64. The van der Waals surface area contributed by atoms with Crippen molar-refractivity contribution in [1.29, 1.82) is 0 Å². The summed E-state index contributed by atoms with van der Waals surface area (Å²) in [6.45, 7) is 4.32. The molecule has 0 aliphatic carbocycles. The van der Waals surface area contributed by atoms with Crippen molar-refractivity contribution < 1.29 is 14.6 Å². The SMILES string of the molecule is Cc1nc(C2OC3COC3C(n3cccn3)C2O)n(-c2ccc3nc(C)sc3c2)n1. The van der Waals surface area contributed by atoms with Gasteiger partial charge in [-0.15, -0.1) is 11.3 Å². The molecule has 5 heterocycles. The maximum atomic E-state index is 11.3. The first-order valence-corrected chi connectivity index (χ1v) is 10.7. The first kappa shape index (κ1) is 18.1. The van der Waals surface area contributed by atoms with Crippen LogP contribution < -0.4 is 0 Å². The van der Waals surface area contributed by atoms with E-state index in [1.54, 1.807) is 26.9 Å². The quantitative estimate of drug-likeness (QED) is 0.538. The number of aliphatic hydroxyl groups is 1. The highest BCUT2D eigenvalue weighted by molar-refractivity contribution is 7.18. The number of aliphatic hydroxyl groups excluding tert-OH is 1. The number of ether oxygens (including phenoxy) is 2. The van der Waals surface area contributed by atoms with E-state index in [0.29, 0.717) is 18.3 Å². The number of aromatic nitrogens is 6. The zero-order valence-corrected chi connectivity index (χ0v) is 17.2. The second kappa shape index (κ2) is 6.67. The number of aryl methyl sites for hydroxylation is 2. The number of rotatable bonds is 3. The van der Waals surface area contributed by atoms with Gasteiger partial charge in [-0.2, -0.15) is 10.2 Å². The van der Waals surface area contributed by atoms with Crippen LogP contribution in [-0.2, 0) is 9.47 Å². The number of hydrogen-bond acceptors (Lipinski definition) is 8. The van der Waals surface area contributed by atoms with Crippen molar-refractivity contribution in [2.45, 2.75) is 44.3 Å². The van der Waals surface area contributed by atoms with Gasteiger partial charge in [-0.25, -0.2) is 14.6 Å². The number of hydrogen-bond donors (Lipinski definition) is 1. The molecule has 2 aliphatic heterocycles. The van der Waals surface area contributed by atoms with E-state index in [1.807, 2.05) is 44.3 Å². The summed E-state index contributed by atoms with van der Waals surface area (Å²) in [5.41, 5.74) is 1.82. The van der Waals surface area contributed by atoms with Crippen LogP contribution >= 0.6 is 11.3 Å². The molecular weight excluding hydrogens is 404 g/mol. The van der Waals surface area contributed by atoms with Crippen molar-refractivity contribution in [2.75, 3.05) is 6.61 Å². The molecule has 2 saturated heterocycles. The molecular formula is C20H20N6O3S. The molecule has 4 aromatic rings. The summed E-state index contributed by atoms with van der Waals surface area (Å²) in [6.07, 6.45) is 1.65. The van der Waals surface area contributed by atoms with Gasteiger partial charge < -0.3 is 14.6 Å². The number of benzene rings is 1. The van der Waals surface area contributed by atoms with Crippen LogP contribution in [0.25, 0.3) is 15.9 Å². The van der Waals surface area contributed by atoms with E-state index in [-0.39, 0.29) is 18.2 Å². The van der Waals surface area contributed by atoms with Crippen LogP contribution in [0.1, 0.15) is 28.8 Å². The lowest BCUT2D eigenvalue weighted by atomic mass is 9.89. The van der Waals surface area contributed by atoms with Crippen molar-refractivity contribution in [3.05, 3.63) is 53.3 Å². The average Bonchev–Trinajstić information content (AvgIpc) is 3.42. The van der Waals surface area contributed by atoms with Gasteiger partial charge in [0.15, 0.2) is 5.82 Å². The van der Waals surface area contributed by atoms with E-state index in [4.69, 9.17) is 9.47 Å². The van der Waals surface area contributed by atoms with Crippen molar-refractivity contribution >= 4 is 21.6 Å². The van der Waals surface area contributed by atoms with Gasteiger partial charge in [0.2, 0.25) is 0 Å². The zero-order valence-electron chi connectivity index (χ0n) is 16.4. The summed E-state index contributed by atoms with van der Waals surface area (Å²) in [4.78, 5) is 9.16. The summed E-state index contributed by atoms with van der Waals surface area (Å²) in [6, 6.07) is 7.48. The molecule has 0 saturated carbocycles. The molecule has 30 heavy (non-hydrogen) atoms. The Morgan fingerprint density at radius 2 is 2.13 bits per heavy atom. The molecule has 0 bridgehead atoms. The van der Waals surface area contributed by atoms with Crippen LogP contribution in [-0.4, -0.2) is 59.6 Å². The second-order valence-electron chi connectivity index (χ2n) is 7.67.